The maximum atomic E-state index is 9.60. The van der Waals surface area contributed by atoms with Crippen molar-refractivity contribution in [2.45, 2.75) is 51.2 Å². The average molecular weight is 477 g/mol. The number of guanidine groups is 1. The van der Waals surface area contributed by atoms with Crippen molar-refractivity contribution < 1.29 is 14.6 Å². The molecule has 1 fully saturated rings. The van der Waals surface area contributed by atoms with Gasteiger partial charge in [-0.2, -0.15) is 0 Å². The minimum atomic E-state index is -0.133. The maximum Gasteiger partial charge on any atom is 0.191 e. The molecule has 0 aliphatic heterocycles. The number of aliphatic hydroxyl groups is 1. The normalized spacial score (nSPS) is 20.0. The SMILES string of the molecule is CCNC(=NCCCOc1cccc(OC)c1)NC1CCC(O)CC1.I. The molecular weight excluding hydrogens is 445 g/mol. The average Bonchev–Trinajstić information content (AvgIpc) is 2.63. The van der Waals surface area contributed by atoms with Crippen LogP contribution in [0.3, 0.4) is 0 Å². The summed E-state index contributed by atoms with van der Waals surface area (Å²) in [6.07, 6.45) is 4.43. The fourth-order valence-corrected chi connectivity index (χ4v) is 2.87. The fourth-order valence-electron chi connectivity index (χ4n) is 2.87. The molecule has 148 valence electrons. The van der Waals surface area contributed by atoms with E-state index in [1.54, 1.807) is 7.11 Å². The molecule has 0 radical (unpaired) electrons. The van der Waals surface area contributed by atoms with Gasteiger partial charge in [-0.05, 0) is 44.7 Å². The topological polar surface area (TPSA) is 75.1 Å². The van der Waals surface area contributed by atoms with Gasteiger partial charge in [0, 0.05) is 31.6 Å². The van der Waals surface area contributed by atoms with Crippen LogP contribution in [0.15, 0.2) is 29.3 Å². The Morgan fingerprint density at radius 1 is 1.23 bits per heavy atom. The molecule has 0 atom stereocenters. The number of nitrogens with one attached hydrogen (secondary N) is 2. The molecule has 3 N–H and O–H groups in total. The van der Waals surface area contributed by atoms with E-state index in [2.05, 4.69) is 22.5 Å². The first-order chi connectivity index (χ1) is 12.2. The summed E-state index contributed by atoms with van der Waals surface area (Å²) >= 11 is 0. The van der Waals surface area contributed by atoms with Gasteiger partial charge < -0.3 is 25.2 Å². The molecular formula is C19H32IN3O3. The van der Waals surface area contributed by atoms with Crippen molar-refractivity contribution in [1.29, 1.82) is 0 Å². The van der Waals surface area contributed by atoms with Crippen molar-refractivity contribution in [1.82, 2.24) is 10.6 Å². The Morgan fingerprint density at radius 3 is 2.65 bits per heavy atom. The van der Waals surface area contributed by atoms with E-state index in [4.69, 9.17) is 9.47 Å². The van der Waals surface area contributed by atoms with E-state index < -0.39 is 0 Å². The Hall–Kier alpha value is -1.22. The zero-order valence-electron chi connectivity index (χ0n) is 15.7. The molecule has 0 spiro atoms. The lowest BCUT2D eigenvalue weighted by atomic mass is 9.93. The molecule has 1 aliphatic rings. The summed E-state index contributed by atoms with van der Waals surface area (Å²) in [5, 5.41) is 16.4. The number of aliphatic imine (C=N–C) groups is 1. The van der Waals surface area contributed by atoms with Crippen LogP contribution in [0.5, 0.6) is 11.5 Å². The highest BCUT2D eigenvalue weighted by molar-refractivity contribution is 14.0. The van der Waals surface area contributed by atoms with Crippen molar-refractivity contribution in [2.24, 2.45) is 4.99 Å². The van der Waals surface area contributed by atoms with Gasteiger partial charge in [-0.15, -0.1) is 24.0 Å². The third-order valence-corrected chi connectivity index (χ3v) is 4.26. The van der Waals surface area contributed by atoms with Crippen LogP contribution in [-0.4, -0.2) is 50.0 Å². The van der Waals surface area contributed by atoms with E-state index in [9.17, 15) is 5.11 Å². The third kappa shape index (κ3) is 8.44. The van der Waals surface area contributed by atoms with E-state index in [-0.39, 0.29) is 30.1 Å². The minimum Gasteiger partial charge on any atom is -0.497 e. The summed E-state index contributed by atoms with van der Waals surface area (Å²) in [6.45, 7) is 4.22. The van der Waals surface area contributed by atoms with Crippen LogP contribution in [0.2, 0.25) is 0 Å². The second kappa shape index (κ2) is 13.0. The van der Waals surface area contributed by atoms with Crippen molar-refractivity contribution >= 4 is 29.9 Å². The quantitative estimate of drug-likeness (QED) is 0.233. The second-order valence-corrected chi connectivity index (χ2v) is 6.29. The summed E-state index contributed by atoms with van der Waals surface area (Å²) < 4.78 is 10.9. The third-order valence-electron chi connectivity index (χ3n) is 4.26. The number of aliphatic hydroxyl groups excluding tert-OH is 1. The van der Waals surface area contributed by atoms with Gasteiger partial charge in [0.2, 0.25) is 0 Å². The number of hydrogen-bond donors (Lipinski definition) is 3. The molecule has 1 saturated carbocycles. The molecule has 0 saturated heterocycles. The van der Waals surface area contributed by atoms with E-state index in [0.29, 0.717) is 19.2 Å². The fraction of sp³-hybridized carbons (Fsp3) is 0.632. The molecule has 1 aromatic rings. The summed E-state index contributed by atoms with van der Waals surface area (Å²) in [6, 6.07) is 8.02. The summed E-state index contributed by atoms with van der Waals surface area (Å²) in [5.41, 5.74) is 0. The zero-order valence-corrected chi connectivity index (χ0v) is 18.1. The molecule has 7 heteroatoms. The van der Waals surface area contributed by atoms with Gasteiger partial charge in [-0.1, -0.05) is 6.07 Å². The molecule has 0 heterocycles. The van der Waals surface area contributed by atoms with Gasteiger partial charge in [0.25, 0.3) is 0 Å². The minimum absolute atomic E-state index is 0. The van der Waals surface area contributed by atoms with Gasteiger partial charge >= 0.3 is 0 Å². The standard InChI is InChI=1S/C19H31N3O3.HI/c1-3-20-19(22-15-8-10-16(23)11-9-15)21-12-5-13-25-18-7-4-6-17(14-18)24-2;/h4,6-7,14-16,23H,3,5,8-13H2,1-2H3,(H2,20,21,22);1H. The van der Waals surface area contributed by atoms with E-state index in [0.717, 1.165) is 56.1 Å². The molecule has 1 aromatic carbocycles. The smallest absolute Gasteiger partial charge is 0.191 e. The lowest BCUT2D eigenvalue weighted by Gasteiger charge is -2.27. The number of hydrogen-bond acceptors (Lipinski definition) is 4. The van der Waals surface area contributed by atoms with Crippen LogP contribution >= 0.6 is 24.0 Å². The van der Waals surface area contributed by atoms with Crippen molar-refractivity contribution in [3.8, 4) is 11.5 Å². The Bertz CT molecular complexity index is 535. The van der Waals surface area contributed by atoms with Crippen molar-refractivity contribution in [2.75, 3.05) is 26.8 Å². The lowest BCUT2D eigenvalue weighted by molar-refractivity contribution is 0.120. The molecule has 0 amide bonds. The number of ether oxygens (including phenoxy) is 2. The van der Waals surface area contributed by atoms with Gasteiger partial charge in [-0.25, -0.2) is 0 Å². The molecule has 26 heavy (non-hydrogen) atoms. The first-order valence-electron chi connectivity index (χ1n) is 9.21. The summed E-state index contributed by atoms with van der Waals surface area (Å²) in [4.78, 5) is 4.62. The molecule has 0 aromatic heterocycles. The van der Waals surface area contributed by atoms with E-state index in [1.165, 1.54) is 0 Å². The zero-order chi connectivity index (χ0) is 17.9. The first kappa shape index (κ1) is 22.8. The van der Waals surface area contributed by atoms with E-state index >= 15 is 0 Å². The predicted octanol–water partition coefficient (Wildman–Crippen LogP) is 2.94. The molecule has 6 nitrogen and oxygen atoms in total. The van der Waals surface area contributed by atoms with Crippen LogP contribution in [0.4, 0.5) is 0 Å². The molecule has 2 rings (SSSR count). The van der Waals surface area contributed by atoms with Gasteiger partial charge in [0.05, 0.1) is 19.8 Å². The number of benzene rings is 1. The van der Waals surface area contributed by atoms with Gasteiger partial charge in [0.1, 0.15) is 11.5 Å². The summed E-state index contributed by atoms with van der Waals surface area (Å²) in [7, 11) is 1.65. The lowest BCUT2D eigenvalue weighted by Crippen LogP contribution is -2.45. The van der Waals surface area contributed by atoms with Gasteiger partial charge in [0.15, 0.2) is 5.96 Å². The predicted molar refractivity (Wildman–Crippen MR) is 116 cm³/mol. The highest BCUT2D eigenvalue weighted by Crippen LogP contribution is 2.19. The number of halogens is 1. The van der Waals surface area contributed by atoms with Crippen LogP contribution in [0, 0.1) is 0 Å². The van der Waals surface area contributed by atoms with Crippen molar-refractivity contribution in [3.05, 3.63) is 24.3 Å². The second-order valence-electron chi connectivity index (χ2n) is 6.29. The van der Waals surface area contributed by atoms with Crippen LogP contribution in [0.25, 0.3) is 0 Å². The first-order valence-corrected chi connectivity index (χ1v) is 9.21. The van der Waals surface area contributed by atoms with Crippen LogP contribution < -0.4 is 20.1 Å². The largest absolute Gasteiger partial charge is 0.497 e. The van der Waals surface area contributed by atoms with E-state index in [1.807, 2.05) is 24.3 Å². The summed E-state index contributed by atoms with van der Waals surface area (Å²) in [5.74, 6) is 2.46. The highest BCUT2D eigenvalue weighted by atomic mass is 127. The molecule has 0 unspecified atom stereocenters. The highest BCUT2D eigenvalue weighted by Gasteiger charge is 2.19. The number of nitrogens with zero attached hydrogens (tertiary/aromatic N) is 1. The monoisotopic (exact) mass is 477 g/mol. The van der Waals surface area contributed by atoms with Crippen molar-refractivity contribution in [3.63, 3.8) is 0 Å². The molecule has 1 aliphatic carbocycles. The molecule has 0 bridgehead atoms. The maximum absolute atomic E-state index is 9.60. The van der Waals surface area contributed by atoms with Crippen LogP contribution in [-0.2, 0) is 0 Å². The Kier molecular flexibility index (Phi) is 11.4. The Labute approximate surface area is 173 Å². The number of methoxy groups -OCH3 is 1. The van der Waals surface area contributed by atoms with Gasteiger partial charge in [-0.3, -0.25) is 4.99 Å². The Balaban J connectivity index is 0.00000338. The Morgan fingerprint density at radius 2 is 1.96 bits per heavy atom. The number of rotatable bonds is 8. The van der Waals surface area contributed by atoms with Crippen LogP contribution in [0.1, 0.15) is 39.0 Å².